The van der Waals surface area contributed by atoms with Gasteiger partial charge in [-0.2, -0.15) is 10.5 Å². The molecule has 4 heteroatoms. The molecule has 80 valence electrons. The molecule has 1 fully saturated rings. The second-order valence-electron chi connectivity index (χ2n) is 5.06. The number of hydrogen-bond donors (Lipinski definition) is 0. The van der Waals surface area contributed by atoms with Gasteiger partial charge in [0.25, 0.3) is 0 Å². The Bertz CT molecular complexity index is 577. The third-order valence-corrected chi connectivity index (χ3v) is 7.66. The van der Waals surface area contributed by atoms with Gasteiger partial charge in [0.05, 0.1) is 22.0 Å². The van der Waals surface area contributed by atoms with E-state index in [-0.39, 0.29) is 21.1 Å². The third kappa shape index (κ3) is 0.650. The van der Waals surface area contributed by atoms with Gasteiger partial charge in [-0.1, -0.05) is 51.8 Å². The lowest BCUT2D eigenvalue weighted by molar-refractivity contribution is 0.335. The smallest absolute Gasteiger partial charge is 0.0971 e. The van der Waals surface area contributed by atoms with Crippen LogP contribution in [-0.2, 0) is 0 Å². The van der Waals surface area contributed by atoms with Crippen molar-refractivity contribution < 1.29 is 0 Å². The molecule has 3 aliphatic rings. The standard InChI is InChI=1S/C12H8Br2N2/c1-10-3-6(4-15)8-11(10,2)12(8,14)7(5-16)9(10)13/h3,8H,1-2H3. The second kappa shape index (κ2) is 2.47. The van der Waals surface area contributed by atoms with Crippen molar-refractivity contribution >= 4 is 31.9 Å². The molecule has 0 aromatic rings. The summed E-state index contributed by atoms with van der Waals surface area (Å²) in [6.07, 6.45) is 2.02. The Labute approximate surface area is 111 Å². The van der Waals surface area contributed by atoms with Gasteiger partial charge in [-0.25, -0.2) is 0 Å². The van der Waals surface area contributed by atoms with Crippen molar-refractivity contribution in [2.24, 2.45) is 16.7 Å². The lowest BCUT2D eigenvalue weighted by Crippen LogP contribution is -2.23. The highest BCUT2D eigenvalue weighted by Crippen LogP contribution is 2.88. The maximum Gasteiger partial charge on any atom is 0.0971 e. The van der Waals surface area contributed by atoms with E-state index < -0.39 is 0 Å². The van der Waals surface area contributed by atoms with Crippen molar-refractivity contribution in [2.75, 3.05) is 0 Å². The molecule has 0 amide bonds. The van der Waals surface area contributed by atoms with Crippen LogP contribution >= 0.6 is 31.9 Å². The highest BCUT2D eigenvalue weighted by atomic mass is 79.9. The molecule has 0 heterocycles. The minimum Gasteiger partial charge on any atom is -0.193 e. The Balaban J connectivity index is 2.33. The molecular formula is C12H8Br2N2. The van der Waals surface area contributed by atoms with Gasteiger partial charge in [0.1, 0.15) is 0 Å². The molecule has 3 rings (SSSR count). The number of rotatable bonds is 0. The molecule has 1 saturated carbocycles. The van der Waals surface area contributed by atoms with Gasteiger partial charge in [0.15, 0.2) is 0 Å². The summed E-state index contributed by atoms with van der Waals surface area (Å²) in [4.78, 5) is 0. The second-order valence-corrected chi connectivity index (χ2v) is 7.11. The van der Waals surface area contributed by atoms with Crippen molar-refractivity contribution in [2.45, 2.75) is 18.2 Å². The van der Waals surface area contributed by atoms with Crippen LogP contribution in [0.25, 0.3) is 0 Å². The molecule has 3 aliphatic carbocycles. The molecule has 0 radical (unpaired) electrons. The molecule has 2 nitrogen and oxygen atoms in total. The monoisotopic (exact) mass is 338 g/mol. The number of nitriles is 2. The number of hydrogen-bond acceptors (Lipinski definition) is 2. The van der Waals surface area contributed by atoms with E-state index in [1.165, 1.54) is 0 Å². The maximum atomic E-state index is 9.28. The molecule has 0 bridgehead atoms. The molecular weight excluding hydrogens is 332 g/mol. The summed E-state index contributed by atoms with van der Waals surface area (Å²) < 4.78 is 0.616. The average Bonchev–Trinajstić information content (AvgIpc) is 2.59. The number of allylic oxidation sites excluding steroid dienone is 4. The fourth-order valence-electron chi connectivity index (χ4n) is 3.66. The molecule has 0 aromatic carbocycles. The van der Waals surface area contributed by atoms with Crippen molar-refractivity contribution in [1.82, 2.24) is 0 Å². The Morgan fingerprint density at radius 3 is 2.38 bits per heavy atom. The first kappa shape index (κ1) is 10.6. The number of halogens is 2. The summed E-state index contributed by atoms with van der Waals surface area (Å²) in [6, 6.07) is 4.56. The minimum absolute atomic E-state index is 0.0606. The lowest BCUT2D eigenvalue weighted by Gasteiger charge is -2.27. The van der Waals surface area contributed by atoms with Gasteiger partial charge >= 0.3 is 0 Å². The highest BCUT2D eigenvalue weighted by molar-refractivity contribution is 9.12. The quantitative estimate of drug-likeness (QED) is 0.635. The zero-order valence-electron chi connectivity index (χ0n) is 8.81. The molecule has 0 N–H and O–H groups in total. The molecule has 4 atom stereocenters. The highest BCUT2D eigenvalue weighted by Gasteiger charge is 2.88. The lowest BCUT2D eigenvalue weighted by atomic mass is 9.79. The molecule has 0 aromatic heterocycles. The van der Waals surface area contributed by atoms with Crippen LogP contribution in [0, 0.1) is 39.4 Å². The molecule has 4 unspecified atom stereocenters. The van der Waals surface area contributed by atoms with Crippen LogP contribution in [0.15, 0.2) is 21.7 Å². The number of fused-ring (bicyclic) bond motifs is 1. The van der Waals surface area contributed by atoms with E-state index in [0.29, 0.717) is 0 Å². The zero-order chi connectivity index (χ0) is 11.9. The van der Waals surface area contributed by atoms with E-state index >= 15 is 0 Å². The van der Waals surface area contributed by atoms with Crippen LogP contribution in [0.1, 0.15) is 13.8 Å². The molecule has 0 aliphatic heterocycles. The van der Waals surface area contributed by atoms with E-state index in [2.05, 4.69) is 57.8 Å². The van der Waals surface area contributed by atoms with Gasteiger partial charge in [0.2, 0.25) is 0 Å². The predicted molar refractivity (Wildman–Crippen MR) is 66.6 cm³/mol. The zero-order valence-corrected chi connectivity index (χ0v) is 12.0. The first-order valence-electron chi connectivity index (χ1n) is 5.02. The fourth-order valence-corrected chi connectivity index (χ4v) is 6.38. The van der Waals surface area contributed by atoms with Crippen LogP contribution in [-0.4, -0.2) is 4.32 Å². The summed E-state index contributed by atoms with van der Waals surface area (Å²) in [5.74, 6) is 0.158. The first-order valence-corrected chi connectivity index (χ1v) is 6.60. The maximum absolute atomic E-state index is 9.28. The summed E-state index contributed by atoms with van der Waals surface area (Å²) in [5.41, 5.74) is 1.29. The van der Waals surface area contributed by atoms with Crippen LogP contribution in [0.4, 0.5) is 0 Å². The van der Waals surface area contributed by atoms with E-state index in [1.807, 2.05) is 6.08 Å². The topological polar surface area (TPSA) is 47.6 Å². The van der Waals surface area contributed by atoms with E-state index in [4.69, 9.17) is 5.26 Å². The van der Waals surface area contributed by atoms with Crippen LogP contribution in [0.3, 0.4) is 0 Å². The predicted octanol–water partition coefficient (Wildman–Crippen LogP) is 3.41. The molecule has 16 heavy (non-hydrogen) atoms. The van der Waals surface area contributed by atoms with E-state index in [0.717, 1.165) is 15.6 Å². The average molecular weight is 340 g/mol. The van der Waals surface area contributed by atoms with E-state index in [9.17, 15) is 5.26 Å². The van der Waals surface area contributed by atoms with Gasteiger partial charge < -0.3 is 0 Å². The van der Waals surface area contributed by atoms with Crippen molar-refractivity contribution in [3.8, 4) is 12.1 Å². The summed E-state index contributed by atoms with van der Waals surface area (Å²) in [6.45, 7) is 4.25. The van der Waals surface area contributed by atoms with Crippen molar-refractivity contribution in [3.63, 3.8) is 0 Å². The van der Waals surface area contributed by atoms with Gasteiger partial charge in [-0.15, -0.1) is 0 Å². The van der Waals surface area contributed by atoms with Gasteiger partial charge in [0, 0.05) is 26.8 Å². The number of nitrogens with zero attached hydrogens (tertiary/aromatic N) is 2. The van der Waals surface area contributed by atoms with Crippen LogP contribution in [0.5, 0.6) is 0 Å². The van der Waals surface area contributed by atoms with E-state index in [1.54, 1.807) is 0 Å². The fraction of sp³-hybridized carbons (Fsp3) is 0.500. The normalized spacial score (nSPS) is 51.9. The van der Waals surface area contributed by atoms with Crippen molar-refractivity contribution in [1.29, 1.82) is 10.5 Å². The first-order chi connectivity index (χ1) is 7.39. The Hall–Kier alpha value is -0.580. The summed E-state index contributed by atoms with van der Waals surface area (Å²) in [5, 5.41) is 18.4. The molecule has 0 saturated heterocycles. The molecule has 0 spiro atoms. The minimum atomic E-state index is -0.317. The van der Waals surface area contributed by atoms with Gasteiger partial charge in [-0.05, 0) is 0 Å². The Kier molecular flexibility index (Phi) is 1.63. The van der Waals surface area contributed by atoms with Gasteiger partial charge in [-0.3, -0.25) is 0 Å². The third-order valence-electron chi connectivity index (χ3n) is 4.76. The van der Waals surface area contributed by atoms with Crippen molar-refractivity contribution in [3.05, 3.63) is 21.7 Å². The largest absolute Gasteiger partial charge is 0.193 e. The Morgan fingerprint density at radius 1 is 1.31 bits per heavy atom. The van der Waals surface area contributed by atoms with Crippen LogP contribution < -0.4 is 0 Å². The summed E-state index contributed by atoms with van der Waals surface area (Å²) in [7, 11) is 0. The van der Waals surface area contributed by atoms with Crippen LogP contribution in [0.2, 0.25) is 0 Å². The number of alkyl halides is 1. The Morgan fingerprint density at radius 2 is 1.94 bits per heavy atom. The SMILES string of the molecule is CC12C=C(C#N)C3C(Br)(C(C#N)=C1Br)C32C. The summed E-state index contributed by atoms with van der Waals surface area (Å²) >= 11 is 7.26.